The molecule has 7 heteroatoms. The fourth-order valence-electron chi connectivity index (χ4n) is 6.12. The van der Waals surface area contributed by atoms with Crippen LogP contribution in [-0.4, -0.2) is 17.7 Å². The average molecular weight is 397 g/mol. The number of rotatable bonds is 5. The zero-order valence-corrected chi connectivity index (χ0v) is 16.9. The van der Waals surface area contributed by atoms with Crippen LogP contribution in [0.25, 0.3) is 0 Å². The summed E-state index contributed by atoms with van der Waals surface area (Å²) in [6.45, 7) is 2.17. The Morgan fingerprint density at radius 3 is 2.36 bits per heavy atom. The predicted molar refractivity (Wildman–Crippen MR) is 106 cm³/mol. The van der Waals surface area contributed by atoms with E-state index in [9.17, 15) is 10.1 Å². The van der Waals surface area contributed by atoms with Gasteiger partial charge >= 0.3 is 0 Å². The number of pyridine rings is 1. The lowest BCUT2D eigenvalue weighted by atomic mass is 9.48. The second-order valence-electron chi connectivity index (χ2n) is 8.92. The van der Waals surface area contributed by atoms with Crippen LogP contribution in [0.1, 0.15) is 56.6 Å². The van der Waals surface area contributed by atoms with Crippen LogP contribution in [0.2, 0.25) is 0 Å². The Kier molecular flexibility index (Phi) is 4.97. The van der Waals surface area contributed by atoms with E-state index in [1.807, 2.05) is 6.07 Å². The van der Waals surface area contributed by atoms with Crippen LogP contribution in [0.15, 0.2) is 11.1 Å². The fourth-order valence-corrected chi connectivity index (χ4v) is 6.92. The van der Waals surface area contributed by atoms with Crippen molar-refractivity contribution < 1.29 is 9.78 Å². The molecule has 1 heterocycles. The highest BCUT2D eigenvalue weighted by atomic mass is 32.2. The van der Waals surface area contributed by atoms with Gasteiger partial charge in [-0.2, -0.15) is 10.5 Å². The molecule has 0 radical (unpaired) electrons. The van der Waals surface area contributed by atoms with E-state index in [2.05, 4.69) is 23.3 Å². The van der Waals surface area contributed by atoms with Crippen LogP contribution in [0, 0.1) is 45.8 Å². The molecule has 5 rings (SSSR count). The van der Waals surface area contributed by atoms with Crippen molar-refractivity contribution in [2.75, 3.05) is 11.5 Å². The molecule has 1 aromatic rings. The zero-order valence-electron chi connectivity index (χ0n) is 16.1. The van der Waals surface area contributed by atoms with Crippen LogP contribution in [0.5, 0.6) is 0 Å². The molecule has 1 aromatic heterocycles. The minimum atomic E-state index is -0.0199. The molecule has 4 fully saturated rings. The largest absolute Gasteiger partial charge is 0.352 e. The molecule has 0 unspecified atom stereocenters. The van der Waals surface area contributed by atoms with Crippen molar-refractivity contribution in [2.24, 2.45) is 23.2 Å². The number of nitriles is 2. The number of nitrogens with zero attached hydrogens (tertiary/aromatic N) is 2. The van der Waals surface area contributed by atoms with Crippen molar-refractivity contribution in [3.63, 3.8) is 0 Å². The number of hydrogen-bond acceptors (Lipinski definition) is 5. The summed E-state index contributed by atoms with van der Waals surface area (Å²) in [5, 5.41) is 22.1. The number of aromatic nitrogens is 1. The molecule has 1 atom stereocenters. The number of H-pyrrole nitrogens is 1. The molecule has 0 saturated heterocycles. The minimum Gasteiger partial charge on any atom is -0.352 e. The zero-order chi connectivity index (χ0) is 19.9. The van der Waals surface area contributed by atoms with Crippen LogP contribution < -0.4 is 16.0 Å². The van der Waals surface area contributed by atoms with Crippen LogP contribution in [0.4, 0.5) is 5.82 Å². The highest BCUT2D eigenvalue weighted by molar-refractivity contribution is 7.99. The lowest BCUT2D eigenvalue weighted by molar-refractivity contribution is -0.410. The third kappa shape index (κ3) is 3.44. The van der Waals surface area contributed by atoms with Gasteiger partial charge in [-0.05, 0) is 74.7 Å². The molecule has 4 bridgehead atoms. The fraction of sp³-hybridized carbons (Fsp3) is 0.619. The van der Waals surface area contributed by atoms with Crippen molar-refractivity contribution in [1.82, 2.24) is 5.32 Å². The molecule has 0 aliphatic heterocycles. The number of hydrogen-bond donors (Lipinski definition) is 2. The summed E-state index contributed by atoms with van der Waals surface area (Å²) in [5.74, 6) is 2.98. The quantitative estimate of drug-likeness (QED) is 0.742. The minimum absolute atomic E-state index is 0.0199. The van der Waals surface area contributed by atoms with E-state index in [0.717, 1.165) is 17.8 Å². The molecule has 146 valence electrons. The van der Waals surface area contributed by atoms with Gasteiger partial charge in [0.2, 0.25) is 5.91 Å². The van der Waals surface area contributed by atoms with E-state index in [-0.39, 0.29) is 34.5 Å². The summed E-state index contributed by atoms with van der Waals surface area (Å²) in [4.78, 5) is 15.5. The third-order valence-electron chi connectivity index (χ3n) is 7.04. The molecule has 4 aliphatic rings. The van der Waals surface area contributed by atoms with Crippen LogP contribution in [-0.2, 0) is 4.79 Å². The van der Waals surface area contributed by atoms with Gasteiger partial charge in [0, 0.05) is 6.04 Å². The van der Waals surface area contributed by atoms with E-state index >= 15 is 0 Å². The van der Waals surface area contributed by atoms with E-state index in [0.29, 0.717) is 10.6 Å². The second-order valence-corrected chi connectivity index (χ2v) is 9.91. The van der Waals surface area contributed by atoms with Gasteiger partial charge in [0.1, 0.15) is 23.3 Å². The predicted octanol–water partition coefficient (Wildman–Crippen LogP) is 2.64. The number of carbonyl (C=O) groups is 1. The smallest absolute Gasteiger partial charge is 0.289 e. The van der Waals surface area contributed by atoms with E-state index < -0.39 is 0 Å². The first-order valence-corrected chi connectivity index (χ1v) is 11.0. The van der Waals surface area contributed by atoms with Crippen molar-refractivity contribution in [3.8, 4) is 12.1 Å². The van der Waals surface area contributed by atoms with Gasteiger partial charge in [0.25, 0.3) is 5.82 Å². The number of anilines is 1. The van der Waals surface area contributed by atoms with Gasteiger partial charge in [-0.15, -0.1) is 0 Å². The Morgan fingerprint density at radius 2 is 1.82 bits per heavy atom. The molecule has 4 saturated carbocycles. The Balaban J connectivity index is 1.38. The summed E-state index contributed by atoms with van der Waals surface area (Å²) in [7, 11) is 0. The highest BCUT2D eigenvalue weighted by Crippen LogP contribution is 2.61. The van der Waals surface area contributed by atoms with E-state index in [4.69, 9.17) is 11.0 Å². The van der Waals surface area contributed by atoms with Gasteiger partial charge < -0.3 is 5.32 Å². The number of nitrogens with two attached hydrogens (primary N) is 1. The summed E-state index contributed by atoms with van der Waals surface area (Å²) in [6.07, 6.45) is 7.94. The molecule has 1 amide bonds. The van der Waals surface area contributed by atoms with Crippen LogP contribution >= 0.6 is 11.8 Å². The lowest BCUT2D eigenvalue weighted by Crippen LogP contribution is -2.56. The standard InChI is InChI=1S/C21H25N5OS/c1-12(21-6-13-2-14(7-21)4-15(3-13)8-21)25-18(27)11-28-20-17(10-23)5-16(9-22)19(24)26-20/h5,12-15H,2-4,6-8,11H2,1H3,(H2,24,26)(H,25,27)/p+1/t12-,13?,14?,15?,21?/m1/s1. The third-order valence-corrected chi connectivity index (χ3v) is 8.06. The van der Waals surface area contributed by atoms with Crippen molar-refractivity contribution in [1.29, 1.82) is 10.5 Å². The monoisotopic (exact) mass is 396 g/mol. The number of amides is 1. The van der Waals surface area contributed by atoms with Gasteiger partial charge in [-0.1, -0.05) is 11.8 Å². The Hall–Kier alpha value is -2.25. The van der Waals surface area contributed by atoms with Crippen molar-refractivity contribution in [2.45, 2.75) is 56.5 Å². The number of thioether (sulfide) groups is 1. The Bertz CT molecular complexity index is 849. The van der Waals surface area contributed by atoms with Crippen molar-refractivity contribution in [3.05, 3.63) is 17.2 Å². The number of nitrogen functional groups attached to an aromatic ring is 1. The second kappa shape index (κ2) is 7.29. The van der Waals surface area contributed by atoms with Crippen LogP contribution in [0.3, 0.4) is 0 Å². The number of aromatic amines is 1. The van der Waals surface area contributed by atoms with Gasteiger partial charge in [-0.3, -0.25) is 10.5 Å². The SMILES string of the molecule is C[C@@H](NC(=O)CSc1[nH+]c(N)c(C#N)cc1C#N)C12CC3CC(CC(C3)C1)C2. The maximum Gasteiger partial charge on any atom is 0.289 e. The van der Waals surface area contributed by atoms with Gasteiger partial charge in [0.15, 0.2) is 5.03 Å². The molecule has 4 aliphatic carbocycles. The maximum absolute atomic E-state index is 12.6. The van der Waals surface area contributed by atoms with Gasteiger partial charge in [0.05, 0.1) is 5.75 Å². The van der Waals surface area contributed by atoms with Gasteiger partial charge in [-0.25, -0.2) is 4.98 Å². The average Bonchev–Trinajstić information content (AvgIpc) is 2.65. The first-order valence-electron chi connectivity index (χ1n) is 10.0. The van der Waals surface area contributed by atoms with E-state index in [1.54, 1.807) is 0 Å². The molecule has 0 aromatic carbocycles. The normalized spacial score (nSPS) is 31.0. The molecular formula is C21H26N5OS+. The first kappa shape index (κ1) is 19.1. The molecule has 0 spiro atoms. The number of carbonyl (C=O) groups excluding carboxylic acids is 1. The molecule has 6 nitrogen and oxygen atoms in total. The summed E-state index contributed by atoms with van der Waals surface area (Å²) in [6, 6.07) is 5.66. The molecule has 4 N–H and O–H groups in total. The van der Waals surface area contributed by atoms with Crippen molar-refractivity contribution >= 4 is 23.5 Å². The first-order chi connectivity index (χ1) is 13.4. The number of nitrogens with one attached hydrogen (secondary N) is 2. The van der Waals surface area contributed by atoms with E-state index in [1.165, 1.54) is 56.4 Å². The summed E-state index contributed by atoms with van der Waals surface area (Å²) >= 11 is 1.25. The maximum atomic E-state index is 12.6. The topological polar surface area (TPSA) is 117 Å². The molecular weight excluding hydrogens is 370 g/mol. The highest BCUT2D eigenvalue weighted by Gasteiger charge is 2.53. The molecule has 28 heavy (non-hydrogen) atoms. The summed E-state index contributed by atoms with van der Waals surface area (Å²) < 4.78 is 0. The Morgan fingerprint density at radius 1 is 1.25 bits per heavy atom. The Labute approximate surface area is 169 Å². The lowest BCUT2D eigenvalue weighted by Gasteiger charge is -2.59. The summed E-state index contributed by atoms with van der Waals surface area (Å²) in [5.41, 5.74) is 6.65.